The molecule has 3 rings (SSSR count). The van der Waals surface area contributed by atoms with E-state index in [1.54, 1.807) is 18.4 Å². The third kappa shape index (κ3) is 2.15. The average Bonchev–Trinajstić information content (AvgIpc) is 3.08. The molecule has 0 atom stereocenters. The summed E-state index contributed by atoms with van der Waals surface area (Å²) in [5.74, 6) is 0.801. The van der Waals surface area contributed by atoms with E-state index < -0.39 is 0 Å². The van der Waals surface area contributed by atoms with E-state index in [1.165, 1.54) is 0 Å². The smallest absolute Gasteiger partial charge is 0.133 e. The number of methoxy groups -OCH3 is 1. The summed E-state index contributed by atoms with van der Waals surface area (Å²) < 4.78 is 6.12. The average molecular weight is 335 g/mol. The number of thiazole rings is 1. The van der Waals surface area contributed by atoms with Gasteiger partial charge in [0.15, 0.2) is 0 Å². The molecule has 0 aliphatic heterocycles. The minimum atomic E-state index is -0.299. The van der Waals surface area contributed by atoms with Gasteiger partial charge in [-0.3, -0.25) is 0 Å². The standard InChI is InChI=1S/C14H11BrN2OS/c1-18-12-3-2-9(6-10(12)15)11-7-19-13(17-11)14(8-16)4-5-14/h2-3,6-7H,4-5H2,1H3. The Hall–Kier alpha value is -1.38. The van der Waals surface area contributed by atoms with Crippen molar-refractivity contribution in [3.63, 3.8) is 0 Å². The Kier molecular flexibility index (Phi) is 3.08. The zero-order valence-corrected chi connectivity index (χ0v) is 12.7. The number of rotatable bonds is 3. The molecule has 3 nitrogen and oxygen atoms in total. The maximum atomic E-state index is 9.19. The van der Waals surface area contributed by atoms with Crippen molar-refractivity contribution in [2.45, 2.75) is 18.3 Å². The van der Waals surface area contributed by atoms with Crippen LogP contribution in [0, 0.1) is 11.3 Å². The van der Waals surface area contributed by atoms with Crippen LogP contribution in [0.15, 0.2) is 28.1 Å². The summed E-state index contributed by atoms with van der Waals surface area (Å²) in [7, 11) is 1.64. The van der Waals surface area contributed by atoms with E-state index in [9.17, 15) is 5.26 Å². The fourth-order valence-corrected chi connectivity index (χ4v) is 3.53. The quantitative estimate of drug-likeness (QED) is 0.847. The first kappa shape index (κ1) is 12.6. The highest BCUT2D eigenvalue weighted by molar-refractivity contribution is 9.10. The molecule has 0 unspecified atom stereocenters. The molecule has 19 heavy (non-hydrogen) atoms. The lowest BCUT2D eigenvalue weighted by atomic mass is 10.1. The minimum absolute atomic E-state index is 0.299. The number of ether oxygens (including phenoxy) is 1. The molecule has 0 amide bonds. The van der Waals surface area contributed by atoms with Gasteiger partial charge in [0.25, 0.3) is 0 Å². The summed E-state index contributed by atoms with van der Waals surface area (Å²) in [5.41, 5.74) is 1.65. The van der Waals surface area contributed by atoms with Crippen LogP contribution >= 0.6 is 27.3 Å². The Morgan fingerprint density at radius 2 is 2.26 bits per heavy atom. The van der Waals surface area contributed by atoms with Crippen molar-refractivity contribution in [2.24, 2.45) is 0 Å². The van der Waals surface area contributed by atoms with Gasteiger partial charge in [0.05, 0.1) is 23.3 Å². The van der Waals surface area contributed by atoms with Gasteiger partial charge < -0.3 is 4.74 Å². The molecular weight excluding hydrogens is 324 g/mol. The molecule has 0 bridgehead atoms. The Morgan fingerprint density at radius 1 is 1.47 bits per heavy atom. The van der Waals surface area contributed by atoms with E-state index in [2.05, 4.69) is 27.0 Å². The molecular formula is C14H11BrN2OS. The Labute approximate surface area is 124 Å². The number of benzene rings is 1. The fraction of sp³-hybridized carbons (Fsp3) is 0.286. The molecule has 0 spiro atoms. The Morgan fingerprint density at radius 3 is 2.84 bits per heavy atom. The van der Waals surface area contributed by atoms with Crippen LogP contribution < -0.4 is 4.74 Å². The highest BCUT2D eigenvalue weighted by Gasteiger charge is 2.47. The summed E-state index contributed by atoms with van der Waals surface area (Å²) in [6.45, 7) is 0. The molecule has 1 aliphatic carbocycles. The van der Waals surface area contributed by atoms with Gasteiger partial charge in [0.1, 0.15) is 16.2 Å². The second kappa shape index (κ2) is 4.62. The second-order valence-corrected chi connectivity index (χ2v) is 6.29. The van der Waals surface area contributed by atoms with Gasteiger partial charge >= 0.3 is 0 Å². The fourth-order valence-electron chi connectivity index (χ4n) is 1.95. The first-order chi connectivity index (χ1) is 9.18. The number of hydrogen-bond acceptors (Lipinski definition) is 4. The van der Waals surface area contributed by atoms with Gasteiger partial charge in [-0.1, -0.05) is 0 Å². The van der Waals surface area contributed by atoms with E-state index >= 15 is 0 Å². The number of hydrogen-bond donors (Lipinski definition) is 0. The molecule has 0 N–H and O–H groups in total. The molecule has 1 heterocycles. The third-order valence-corrected chi connectivity index (χ3v) is 4.99. The predicted molar refractivity (Wildman–Crippen MR) is 78.3 cm³/mol. The molecule has 2 aromatic rings. The van der Waals surface area contributed by atoms with Crippen LogP contribution in [0.25, 0.3) is 11.3 Å². The summed E-state index contributed by atoms with van der Waals surface area (Å²) >= 11 is 5.05. The lowest BCUT2D eigenvalue weighted by Crippen LogP contribution is -2.01. The highest BCUT2D eigenvalue weighted by atomic mass is 79.9. The van der Waals surface area contributed by atoms with E-state index in [0.717, 1.165) is 39.3 Å². The molecule has 1 aliphatic rings. The topological polar surface area (TPSA) is 45.9 Å². The number of halogens is 1. The van der Waals surface area contributed by atoms with E-state index in [0.29, 0.717) is 0 Å². The maximum absolute atomic E-state index is 9.19. The summed E-state index contributed by atoms with van der Waals surface area (Å²) in [6, 6.07) is 8.26. The van der Waals surface area contributed by atoms with Crippen molar-refractivity contribution < 1.29 is 4.74 Å². The minimum Gasteiger partial charge on any atom is -0.496 e. The van der Waals surface area contributed by atoms with E-state index in [1.807, 2.05) is 23.6 Å². The zero-order valence-electron chi connectivity index (χ0n) is 10.3. The number of nitriles is 1. The van der Waals surface area contributed by atoms with Gasteiger partial charge in [0, 0.05) is 10.9 Å². The van der Waals surface area contributed by atoms with Gasteiger partial charge in [-0.15, -0.1) is 11.3 Å². The van der Waals surface area contributed by atoms with Crippen molar-refractivity contribution in [2.75, 3.05) is 7.11 Å². The summed E-state index contributed by atoms with van der Waals surface area (Å²) in [6.07, 6.45) is 1.87. The van der Waals surface area contributed by atoms with Gasteiger partial charge in [-0.25, -0.2) is 4.98 Å². The monoisotopic (exact) mass is 334 g/mol. The SMILES string of the molecule is COc1ccc(-c2csc(C3(C#N)CC3)n2)cc1Br. The maximum Gasteiger partial charge on any atom is 0.133 e. The van der Waals surface area contributed by atoms with Gasteiger partial charge in [-0.05, 0) is 47.0 Å². The largest absolute Gasteiger partial charge is 0.496 e. The zero-order chi connectivity index (χ0) is 13.5. The second-order valence-electron chi connectivity index (χ2n) is 4.58. The third-order valence-electron chi connectivity index (χ3n) is 3.33. The van der Waals surface area contributed by atoms with Crippen LogP contribution in [0.1, 0.15) is 17.8 Å². The van der Waals surface area contributed by atoms with Crippen LogP contribution in [0.3, 0.4) is 0 Å². The highest BCUT2D eigenvalue weighted by Crippen LogP contribution is 2.49. The lowest BCUT2D eigenvalue weighted by molar-refractivity contribution is 0.412. The number of aromatic nitrogens is 1. The van der Waals surface area contributed by atoms with Crippen LogP contribution in [0.2, 0.25) is 0 Å². The van der Waals surface area contributed by atoms with Crippen molar-refractivity contribution in [3.05, 3.63) is 33.1 Å². The lowest BCUT2D eigenvalue weighted by Gasteiger charge is -2.04. The molecule has 0 saturated heterocycles. The van der Waals surface area contributed by atoms with E-state index in [-0.39, 0.29) is 5.41 Å². The molecule has 0 radical (unpaired) electrons. The Bertz CT molecular complexity index is 670. The van der Waals surface area contributed by atoms with Gasteiger partial charge in [-0.2, -0.15) is 5.26 Å². The summed E-state index contributed by atoms with van der Waals surface area (Å²) in [4.78, 5) is 4.62. The van der Waals surface area contributed by atoms with Crippen LogP contribution in [-0.4, -0.2) is 12.1 Å². The Balaban J connectivity index is 1.95. The van der Waals surface area contributed by atoms with Crippen molar-refractivity contribution in [1.82, 2.24) is 4.98 Å². The number of nitrogens with zero attached hydrogens (tertiary/aromatic N) is 2. The normalized spacial score (nSPS) is 15.8. The van der Waals surface area contributed by atoms with Gasteiger partial charge in [0.2, 0.25) is 0 Å². The van der Waals surface area contributed by atoms with Crippen molar-refractivity contribution in [1.29, 1.82) is 5.26 Å². The summed E-state index contributed by atoms with van der Waals surface area (Å²) in [5, 5.41) is 12.2. The molecule has 5 heteroatoms. The molecule has 96 valence electrons. The van der Waals surface area contributed by atoms with Crippen LogP contribution in [0.4, 0.5) is 0 Å². The molecule has 1 aromatic heterocycles. The first-order valence-corrected chi connectivity index (χ1v) is 7.57. The van der Waals surface area contributed by atoms with E-state index in [4.69, 9.17) is 4.74 Å². The van der Waals surface area contributed by atoms with Crippen LogP contribution in [-0.2, 0) is 5.41 Å². The van der Waals surface area contributed by atoms with Crippen molar-refractivity contribution >= 4 is 27.3 Å². The molecule has 1 saturated carbocycles. The van der Waals surface area contributed by atoms with Crippen LogP contribution in [0.5, 0.6) is 5.75 Å². The predicted octanol–water partition coefficient (Wildman–Crippen LogP) is 4.14. The molecule has 1 fully saturated rings. The first-order valence-electron chi connectivity index (χ1n) is 5.90. The molecule has 1 aromatic carbocycles. The van der Waals surface area contributed by atoms with Crippen molar-refractivity contribution in [3.8, 4) is 23.1 Å².